The molecular formula is C22H22N2O3. The normalized spacial score (nSPS) is 11.0. The molecule has 0 aliphatic heterocycles. The van der Waals surface area contributed by atoms with Crippen molar-refractivity contribution in [2.24, 2.45) is 0 Å². The number of anilines is 1. The lowest BCUT2D eigenvalue weighted by molar-refractivity contribution is -0.117. The highest BCUT2D eigenvalue weighted by molar-refractivity contribution is 5.92. The summed E-state index contributed by atoms with van der Waals surface area (Å²) in [5, 5.41) is 6.67. The quantitative estimate of drug-likeness (QED) is 0.608. The molecule has 0 unspecified atom stereocenters. The lowest BCUT2D eigenvalue weighted by Gasteiger charge is -2.06. The van der Waals surface area contributed by atoms with Gasteiger partial charge in [0.1, 0.15) is 11.3 Å². The minimum absolute atomic E-state index is 0.00859. The number of para-hydroxylation sites is 1. The third-order valence-electron chi connectivity index (χ3n) is 4.03. The Kier molecular flexibility index (Phi) is 6.05. The summed E-state index contributed by atoms with van der Waals surface area (Å²) in [5.74, 6) is 0.448. The zero-order valence-corrected chi connectivity index (χ0v) is 15.2. The predicted molar refractivity (Wildman–Crippen MR) is 107 cm³/mol. The Morgan fingerprint density at radius 2 is 1.85 bits per heavy atom. The van der Waals surface area contributed by atoms with Crippen LogP contribution in [0.2, 0.25) is 0 Å². The van der Waals surface area contributed by atoms with E-state index in [1.54, 1.807) is 6.08 Å². The van der Waals surface area contributed by atoms with Crippen molar-refractivity contribution < 1.29 is 14.0 Å². The van der Waals surface area contributed by atoms with Gasteiger partial charge in [0.25, 0.3) is 0 Å². The van der Waals surface area contributed by atoms with Gasteiger partial charge in [0, 0.05) is 30.1 Å². The number of carbonyl (C=O) groups excluding carboxylic acids is 2. The summed E-state index contributed by atoms with van der Waals surface area (Å²) >= 11 is 0. The molecule has 0 fully saturated rings. The third-order valence-corrected chi connectivity index (χ3v) is 4.03. The van der Waals surface area contributed by atoms with E-state index in [9.17, 15) is 9.59 Å². The van der Waals surface area contributed by atoms with E-state index in [2.05, 4.69) is 10.6 Å². The first kappa shape index (κ1) is 18.5. The highest BCUT2D eigenvalue weighted by atomic mass is 16.3. The molecule has 0 atom stereocenters. The number of nitrogens with one attached hydrogen (secondary N) is 2. The number of benzene rings is 2. The Morgan fingerprint density at radius 3 is 2.59 bits per heavy atom. The molecule has 5 heteroatoms. The largest absolute Gasteiger partial charge is 0.457 e. The summed E-state index contributed by atoms with van der Waals surface area (Å²) in [6, 6.07) is 17.0. The van der Waals surface area contributed by atoms with Crippen LogP contribution >= 0.6 is 0 Å². The van der Waals surface area contributed by atoms with Crippen molar-refractivity contribution in [3.63, 3.8) is 0 Å². The summed E-state index contributed by atoms with van der Waals surface area (Å²) < 4.78 is 5.64. The maximum absolute atomic E-state index is 12.0. The lowest BCUT2D eigenvalue weighted by Crippen LogP contribution is -2.20. The fourth-order valence-corrected chi connectivity index (χ4v) is 2.65. The number of fused-ring (bicyclic) bond motifs is 1. The van der Waals surface area contributed by atoms with Crippen LogP contribution < -0.4 is 10.6 Å². The Bertz CT molecular complexity index is 922. The molecule has 0 aliphatic carbocycles. The Hall–Kier alpha value is -3.34. The number of rotatable bonds is 7. The number of hydrogen-bond donors (Lipinski definition) is 2. The minimum Gasteiger partial charge on any atom is -0.457 e. The molecule has 0 saturated carbocycles. The van der Waals surface area contributed by atoms with Gasteiger partial charge in [0.2, 0.25) is 11.8 Å². The van der Waals surface area contributed by atoms with Crippen LogP contribution in [-0.2, 0) is 16.1 Å². The van der Waals surface area contributed by atoms with Gasteiger partial charge in [-0.2, -0.15) is 0 Å². The summed E-state index contributed by atoms with van der Waals surface area (Å²) in [7, 11) is 0. The number of hydrogen-bond acceptors (Lipinski definition) is 3. The van der Waals surface area contributed by atoms with Crippen LogP contribution in [0.4, 0.5) is 5.69 Å². The molecule has 0 saturated heterocycles. The standard InChI is InChI=1S/C22H22N2O3/c1-2-5-22(26)24-18-10-8-16(9-11-18)15-23-21(25)13-12-19-14-17-6-3-4-7-20(17)27-19/h3-4,6-14H,2,5,15H2,1H3,(H,23,25)(H,24,26)/b13-12+. The lowest BCUT2D eigenvalue weighted by atomic mass is 10.2. The summed E-state index contributed by atoms with van der Waals surface area (Å²) in [4.78, 5) is 23.6. The molecule has 3 rings (SSSR count). The first-order chi connectivity index (χ1) is 13.1. The molecule has 2 amide bonds. The Balaban J connectivity index is 1.50. The topological polar surface area (TPSA) is 71.3 Å². The van der Waals surface area contributed by atoms with E-state index in [0.29, 0.717) is 18.7 Å². The monoisotopic (exact) mass is 362 g/mol. The van der Waals surface area contributed by atoms with Crippen molar-refractivity contribution in [2.45, 2.75) is 26.3 Å². The molecule has 138 valence electrons. The molecule has 2 aromatic carbocycles. The molecule has 0 spiro atoms. The molecule has 0 radical (unpaired) electrons. The van der Waals surface area contributed by atoms with E-state index in [-0.39, 0.29) is 11.8 Å². The van der Waals surface area contributed by atoms with E-state index < -0.39 is 0 Å². The maximum atomic E-state index is 12.0. The first-order valence-corrected chi connectivity index (χ1v) is 8.97. The zero-order valence-electron chi connectivity index (χ0n) is 15.2. The van der Waals surface area contributed by atoms with Crippen LogP contribution in [0.1, 0.15) is 31.1 Å². The molecule has 0 bridgehead atoms. The smallest absolute Gasteiger partial charge is 0.244 e. The van der Waals surface area contributed by atoms with Gasteiger partial charge in [0.15, 0.2) is 0 Å². The predicted octanol–water partition coefficient (Wildman–Crippen LogP) is 4.50. The van der Waals surface area contributed by atoms with Crippen LogP contribution in [0.5, 0.6) is 0 Å². The summed E-state index contributed by atoms with van der Waals surface area (Å²) in [5.41, 5.74) is 2.51. The third kappa shape index (κ3) is 5.31. The van der Waals surface area contributed by atoms with Crippen molar-refractivity contribution >= 4 is 34.5 Å². The highest BCUT2D eigenvalue weighted by Crippen LogP contribution is 2.19. The minimum atomic E-state index is -0.198. The van der Waals surface area contributed by atoms with Crippen molar-refractivity contribution in [1.82, 2.24) is 5.32 Å². The van der Waals surface area contributed by atoms with Gasteiger partial charge < -0.3 is 15.1 Å². The van der Waals surface area contributed by atoms with Crippen LogP contribution in [0.25, 0.3) is 17.0 Å². The van der Waals surface area contributed by atoms with Crippen molar-refractivity contribution in [1.29, 1.82) is 0 Å². The van der Waals surface area contributed by atoms with Crippen molar-refractivity contribution in [3.8, 4) is 0 Å². The van der Waals surface area contributed by atoms with Crippen LogP contribution in [-0.4, -0.2) is 11.8 Å². The van der Waals surface area contributed by atoms with E-state index in [0.717, 1.165) is 28.6 Å². The van der Waals surface area contributed by atoms with Crippen LogP contribution in [0, 0.1) is 0 Å². The molecule has 1 aromatic heterocycles. The second-order valence-electron chi connectivity index (χ2n) is 6.23. The van der Waals surface area contributed by atoms with Gasteiger partial charge in [-0.3, -0.25) is 9.59 Å². The molecule has 1 heterocycles. The van der Waals surface area contributed by atoms with Crippen molar-refractivity contribution in [2.75, 3.05) is 5.32 Å². The van der Waals surface area contributed by atoms with E-state index in [1.807, 2.05) is 61.5 Å². The molecule has 27 heavy (non-hydrogen) atoms. The van der Waals surface area contributed by atoms with Crippen LogP contribution in [0.15, 0.2) is 65.1 Å². The number of furan rings is 1. The number of amides is 2. The van der Waals surface area contributed by atoms with Gasteiger partial charge in [-0.05, 0) is 42.3 Å². The van der Waals surface area contributed by atoms with Gasteiger partial charge in [0.05, 0.1) is 0 Å². The zero-order chi connectivity index (χ0) is 19.1. The first-order valence-electron chi connectivity index (χ1n) is 8.97. The average Bonchev–Trinajstić information content (AvgIpc) is 3.09. The fraction of sp³-hybridized carbons (Fsp3) is 0.182. The molecule has 2 N–H and O–H groups in total. The van der Waals surface area contributed by atoms with Gasteiger partial charge in [-0.15, -0.1) is 0 Å². The van der Waals surface area contributed by atoms with E-state index in [4.69, 9.17) is 4.42 Å². The average molecular weight is 362 g/mol. The van der Waals surface area contributed by atoms with Gasteiger partial charge in [-0.25, -0.2) is 0 Å². The maximum Gasteiger partial charge on any atom is 0.244 e. The molecule has 3 aromatic rings. The second kappa shape index (κ2) is 8.85. The Labute approximate surface area is 158 Å². The highest BCUT2D eigenvalue weighted by Gasteiger charge is 2.03. The summed E-state index contributed by atoms with van der Waals surface area (Å²) in [6.45, 7) is 2.38. The second-order valence-corrected chi connectivity index (χ2v) is 6.23. The fourth-order valence-electron chi connectivity index (χ4n) is 2.65. The summed E-state index contributed by atoms with van der Waals surface area (Å²) in [6.07, 6.45) is 4.44. The number of carbonyl (C=O) groups is 2. The molecule has 0 aliphatic rings. The molecular weight excluding hydrogens is 340 g/mol. The van der Waals surface area contributed by atoms with Crippen molar-refractivity contribution in [3.05, 3.63) is 72.0 Å². The molecule has 5 nitrogen and oxygen atoms in total. The van der Waals surface area contributed by atoms with E-state index in [1.165, 1.54) is 6.08 Å². The van der Waals surface area contributed by atoms with Crippen LogP contribution in [0.3, 0.4) is 0 Å². The van der Waals surface area contributed by atoms with Gasteiger partial charge in [-0.1, -0.05) is 37.3 Å². The SMILES string of the molecule is CCCC(=O)Nc1ccc(CNC(=O)/C=C/c2cc3ccccc3o2)cc1. The van der Waals surface area contributed by atoms with E-state index >= 15 is 0 Å². The Morgan fingerprint density at radius 1 is 1.07 bits per heavy atom. The van der Waals surface area contributed by atoms with Gasteiger partial charge >= 0.3 is 0 Å².